The van der Waals surface area contributed by atoms with E-state index in [0.717, 1.165) is 23.4 Å². The molecule has 0 fully saturated rings. The quantitative estimate of drug-likeness (QED) is 0.792. The fraction of sp³-hybridized carbons (Fsp3) is 0.200. The van der Waals surface area contributed by atoms with Crippen LogP contribution in [-0.2, 0) is 6.42 Å². The second-order valence-electron chi connectivity index (χ2n) is 4.76. The van der Waals surface area contributed by atoms with Crippen LogP contribution in [0.15, 0.2) is 36.5 Å². The lowest BCUT2D eigenvalue weighted by atomic mass is 10.1. The Morgan fingerprint density at radius 3 is 2.95 bits per heavy atom. The van der Waals surface area contributed by atoms with Crippen molar-refractivity contribution in [3.8, 4) is 0 Å². The molecule has 0 bridgehead atoms. The molecule has 2 aromatic rings. The van der Waals surface area contributed by atoms with Crippen LogP contribution in [0.4, 0.5) is 11.4 Å². The van der Waals surface area contributed by atoms with Crippen molar-refractivity contribution in [1.29, 1.82) is 0 Å². The van der Waals surface area contributed by atoms with Gasteiger partial charge >= 0.3 is 0 Å². The highest BCUT2D eigenvalue weighted by Crippen LogP contribution is 2.32. The van der Waals surface area contributed by atoms with Gasteiger partial charge in [-0.1, -0.05) is 12.1 Å². The topological polar surface area (TPSA) is 59.2 Å². The van der Waals surface area contributed by atoms with E-state index in [9.17, 15) is 4.79 Å². The van der Waals surface area contributed by atoms with Crippen LogP contribution < -0.4 is 10.6 Å². The Balaban J connectivity index is 1.99. The first kappa shape index (κ1) is 11.7. The molecule has 4 heteroatoms. The summed E-state index contributed by atoms with van der Waals surface area (Å²) in [7, 11) is 0. The number of nitrogen functional groups attached to an aromatic ring is 1. The third-order valence-corrected chi connectivity index (χ3v) is 3.49. The van der Waals surface area contributed by atoms with Crippen molar-refractivity contribution in [2.75, 3.05) is 17.2 Å². The van der Waals surface area contributed by atoms with Gasteiger partial charge in [0.25, 0.3) is 5.91 Å². The molecular weight excluding hydrogens is 238 g/mol. The first-order valence-corrected chi connectivity index (χ1v) is 6.28. The van der Waals surface area contributed by atoms with Crippen LogP contribution >= 0.6 is 0 Å². The number of anilines is 2. The normalized spacial score (nSPS) is 13.4. The van der Waals surface area contributed by atoms with E-state index < -0.39 is 0 Å². The Hall–Kier alpha value is -2.36. The number of nitrogens with two attached hydrogens (primary N) is 1. The number of hydrogen-bond donors (Lipinski definition) is 1. The molecule has 1 amide bonds. The molecule has 1 aromatic carbocycles. The van der Waals surface area contributed by atoms with Crippen LogP contribution in [0.2, 0.25) is 0 Å². The summed E-state index contributed by atoms with van der Waals surface area (Å²) >= 11 is 0. The van der Waals surface area contributed by atoms with Crippen LogP contribution in [0, 0.1) is 6.92 Å². The summed E-state index contributed by atoms with van der Waals surface area (Å²) in [5.74, 6) is -0.0670. The van der Waals surface area contributed by atoms with E-state index in [4.69, 9.17) is 5.73 Å². The number of amides is 1. The second kappa shape index (κ2) is 4.39. The number of rotatable bonds is 1. The van der Waals surface area contributed by atoms with Crippen molar-refractivity contribution in [3.05, 3.63) is 53.3 Å². The van der Waals surface area contributed by atoms with E-state index in [1.165, 1.54) is 5.56 Å². The molecule has 0 unspecified atom stereocenters. The third kappa shape index (κ3) is 1.95. The van der Waals surface area contributed by atoms with E-state index in [0.29, 0.717) is 12.2 Å². The molecular formula is C15H15N3O. The van der Waals surface area contributed by atoms with E-state index in [1.807, 2.05) is 19.1 Å². The van der Waals surface area contributed by atoms with Crippen molar-refractivity contribution in [2.24, 2.45) is 0 Å². The molecule has 0 saturated carbocycles. The maximum atomic E-state index is 12.4. The minimum atomic E-state index is -0.0670. The Morgan fingerprint density at radius 1 is 1.37 bits per heavy atom. The molecule has 0 atom stereocenters. The largest absolute Gasteiger partial charge is 0.398 e. The summed E-state index contributed by atoms with van der Waals surface area (Å²) in [6.07, 6.45) is 2.50. The average molecular weight is 253 g/mol. The predicted octanol–water partition coefficient (Wildman–Crippen LogP) is 2.18. The maximum absolute atomic E-state index is 12.4. The highest BCUT2D eigenvalue weighted by molar-refractivity contribution is 6.06. The highest BCUT2D eigenvalue weighted by atomic mass is 16.2. The van der Waals surface area contributed by atoms with Crippen LogP contribution in [0.1, 0.15) is 21.6 Å². The lowest BCUT2D eigenvalue weighted by Crippen LogP contribution is -2.29. The van der Waals surface area contributed by atoms with Crippen LogP contribution in [0.25, 0.3) is 0 Å². The zero-order valence-corrected chi connectivity index (χ0v) is 10.8. The van der Waals surface area contributed by atoms with E-state index in [2.05, 4.69) is 11.1 Å². The van der Waals surface area contributed by atoms with Crippen LogP contribution in [0.5, 0.6) is 0 Å². The fourth-order valence-corrected chi connectivity index (χ4v) is 2.42. The molecule has 3 rings (SSSR count). The van der Waals surface area contributed by atoms with Crippen molar-refractivity contribution in [1.82, 2.24) is 4.98 Å². The summed E-state index contributed by atoms with van der Waals surface area (Å²) in [4.78, 5) is 18.3. The van der Waals surface area contributed by atoms with Gasteiger partial charge in [0, 0.05) is 24.1 Å². The van der Waals surface area contributed by atoms with Gasteiger partial charge in [0.2, 0.25) is 0 Å². The first-order chi connectivity index (χ1) is 9.16. The summed E-state index contributed by atoms with van der Waals surface area (Å²) in [5.41, 5.74) is 10.3. The number of hydrogen-bond acceptors (Lipinski definition) is 3. The van der Waals surface area contributed by atoms with Gasteiger partial charge in [-0.25, -0.2) is 0 Å². The van der Waals surface area contributed by atoms with E-state index in [1.54, 1.807) is 23.2 Å². The molecule has 2 heterocycles. The molecule has 0 radical (unpaired) electrons. The molecule has 1 aromatic heterocycles. The average Bonchev–Trinajstić information content (AvgIpc) is 2.82. The van der Waals surface area contributed by atoms with Crippen molar-refractivity contribution >= 4 is 17.3 Å². The lowest BCUT2D eigenvalue weighted by Gasteiger charge is -2.17. The standard InChI is InChI=1S/C15H15N3O/c1-10-8-11-5-7-18(14(11)9-12(10)16)15(19)13-4-2-3-6-17-13/h2-4,6,8-9H,5,7,16H2,1H3. The molecule has 0 spiro atoms. The number of pyridine rings is 1. The number of nitrogens with zero attached hydrogens (tertiary/aromatic N) is 2. The van der Waals surface area contributed by atoms with Gasteiger partial charge in [-0.2, -0.15) is 0 Å². The molecule has 2 N–H and O–H groups in total. The Bertz CT molecular complexity index is 637. The molecule has 0 saturated heterocycles. The Kier molecular flexibility index (Phi) is 2.71. The summed E-state index contributed by atoms with van der Waals surface area (Å²) in [6.45, 7) is 2.67. The number of aromatic nitrogens is 1. The van der Waals surface area contributed by atoms with Gasteiger partial charge < -0.3 is 10.6 Å². The van der Waals surface area contributed by atoms with Gasteiger partial charge in [-0.3, -0.25) is 9.78 Å². The number of fused-ring (bicyclic) bond motifs is 1. The zero-order chi connectivity index (χ0) is 13.4. The van der Waals surface area contributed by atoms with Crippen molar-refractivity contribution in [2.45, 2.75) is 13.3 Å². The number of carbonyl (C=O) groups excluding carboxylic acids is 1. The molecule has 1 aliphatic heterocycles. The maximum Gasteiger partial charge on any atom is 0.276 e. The minimum absolute atomic E-state index is 0.0670. The summed E-state index contributed by atoms with van der Waals surface area (Å²) in [5, 5.41) is 0. The van der Waals surface area contributed by atoms with E-state index in [-0.39, 0.29) is 5.91 Å². The summed E-state index contributed by atoms with van der Waals surface area (Å²) < 4.78 is 0. The Morgan fingerprint density at radius 2 is 2.21 bits per heavy atom. The first-order valence-electron chi connectivity index (χ1n) is 6.28. The van der Waals surface area contributed by atoms with Gasteiger partial charge in [0.1, 0.15) is 5.69 Å². The number of carbonyl (C=O) groups is 1. The van der Waals surface area contributed by atoms with Gasteiger partial charge in [0.15, 0.2) is 0 Å². The van der Waals surface area contributed by atoms with Crippen LogP contribution in [-0.4, -0.2) is 17.4 Å². The van der Waals surface area contributed by atoms with Crippen molar-refractivity contribution in [3.63, 3.8) is 0 Å². The van der Waals surface area contributed by atoms with Crippen LogP contribution in [0.3, 0.4) is 0 Å². The molecule has 96 valence electrons. The molecule has 1 aliphatic rings. The SMILES string of the molecule is Cc1cc2c(cc1N)N(C(=O)c1ccccn1)CC2. The van der Waals surface area contributed by atoms with Crippen molar-refractivity contribution < 1.29 is 4.79 Å². The van der Waals surface area contributed by atoms with Gasteiger partial charge in [-0.05, 0) is 42.7 Å². The second-order valence-corrected chi connectivity index (χ2v) is 4.76. The molecule has 0 aliphatic carbocycles. The highest BCUT2D eigenvalue weighted by Gasteiger charge is 2.26. The van der Waals surface area contributed by atoms with E-state index >= 15 is 0 Å². The predicted molar refractivity (Wildman–Crippen MR) is 75.2 cm³/mol. The summed E-state index contributed by atoms with van der Waals surface area (Å²) in [6, 6.07) is 9.31. The van der Waals surface area contributed by atoms with Gasteiger partial charge in [0.05, 0.1) is 0 Å². The van der Waals surface area contributed by atoms with Gasteiger partial charge in [-0.15, -0.1) is 0 Å². The minimum Gasteiger partial charge on any atom is -0.398 e. The number of benzene rings is 1. The Labute approximate surface area is 111 Å². The fourth-order valence-electron chi connectivity index (χ4n) is 2.42. The monoisotopic (exact) mass is 253 g/mol. The molecule has 4 nitrogen and oxygen atoms in total. The zero-order valence-electron chi connectivity index (χ0n) is 10.8. The smallest absolute Gasteiger partial charge is 0.276 e. The third-order valence-electron chi connectivity index (χ3n) is 3.49. The number of aryl methyl sites for hydroxylation is 1. The molecule has 19 heavy (non-hydrogen) atoms. The lowest BCUT2D eigenvalue weighted by molar-refractivity contribution is 0.0984.